The quantitative estimate of drug-likeness (QED) is 0.634. The zero-order valence-corrected chi connectivity index (χ0v) is 6.64. The average Bonchev–Trinajstić information content (AvgIpc) is 2.17. The zero-order valence-electron chi connectivity index (χ0n) is 6.64. The van der Waals surface area contributed by atoms with E-state index in [0.717, 1.165) is 0 Å². The van der Waals surface area contributed by atoms with Gasteiger partial charge in [0.05, 0.1) is 11.3 Å². The first-order valence-corrected chi connectivity index (χ1v) is 3.48. The number of nitrogens with zero attached hydrogens (tertiary/aromatic N) is 2. The molecule has 0 saturated heterocycles. The number of nitrogens with two attached hydrogens (primary N) is 1. The number of aliphatic hydroxyl groups is 1. The van der Waals surface area contributed by atoms with Gasteiger partial charge >= 0.3 is 0 Å². The van der Waals surface area contributed by atoms with Crippen LogP contribution in [0.1, 0.15) is 17.4 Å². The number of pyridine rings is 1. The van der Waals surface area contributed by atoms with Gasteiger partial charge in [0.1, 0.15) is 6.07 Å². The highest BCUT2D eigenvalue weighted by Crippen LogP contribution is 2.08. The van der Waals surface area contributed by atoms with E-state index in [1.807, 2.05) is 6.07 Å². The number of hydrogen-bond acceptors (Lipinski definition) is 4. The Balaban J connectivity index is 2.93. The Morgan fingerprint density at radius 1 is 1.69 bits per heavy atom. The number of primary amides is 1. The summed E-state index contributed by atoms with van der Waals surface area (Å²) in [6.07, 6.45) is -0.144. The van der Waals surface area contributed by atoms with Crippen LogP contribution in [0, 0.1) is 11.3 Å². The second kappa shape index (κ2) is 3.65. The molecule has 0 aromatic carbocycles. The van der Waals surface area contributed by atoms with Gasteiger partial charge in [0.15, 0.2) is 6.10 Å². The van der Waals surface area contributed by atoms with E-state index in [4.69, 9.17) is 16.1 Å². The van der Waals surface area contributed by atoms with Gasteiger partial charge in [-0.1, -0.05) is 0 Å². The monoisotopic (exact) mass is 177 g/mol. The molecule has 0 radical (unpaired) electrons. The lowest BCUT2D eigenvalue weighted by Gasteiger charge is -2.04. The van der Waals surface area contributed by atoms with Crippen LogP contribution in [-0.4, -0.2) is 16.0 Å². The molecular weight excluding hydrogens is 170 g/mol. The molecule has 5 nitrogen and oxygen atoms in total. The summed E-state index contributed by atoms with van der Waals surface area (Å²) in [6, 6.07) is 4.70. The summed E-state index contributed by atoms with van der Waals surface area (Å²) in [4.78, 5) is 14.2. The molecule has 1 heterocycles. The summed E-state index contributed by atoms with van der Waals surface area (Å²) in [5, 5.41) is 17.6. The maximum Gasteiger partial charge on any atom is 0.252 e. The van der Waals surface area contributed by atoms with Gasteiger partial charge in [-0.25, -0.2) is 0 Å². The van der Waals surface area contributed by atoms with Crippen LogP contribution in [0.15, 0.2) is 18.3 Å². The van der Waals surface area contributed by atoms with Gasteiger partial charge < -0.3 is 10.8 Å². The van der Waals surface area contributed by atoms with Crippen molar-refractivity contribution in [3.05, 3.63) is 29.6 Å². The Kier molecular flexibility index (Phi) is 2.57. The summed E-state index contributed by atoms with van der Waals surface area (Å²) < 4.78 is 0. The summed E-state index contributed by atoms with van der Waals surface area (Å²) >= 11 is 0. The maximum atomic E-state index is 10.5. The molecule has 1 aromatic heterocycles. The number of carbonyl (C=O) groups excluding carboxylic acids is 1. The van der Waals surface area contributed by atoms with Gasteiger partial charge in [-0.15, -0.1) is 0 Å². The Labute approximate surface area is 74.4 Å². The summed E-state index contributed by atoms with van der Waals surface area (Å²) in [7, 11) is 0. The van der Waals surface area contributed by atoms with E-state index in [-0.39, 0.29) is 5.69 Å². The number of rotatable bonds is 2. The van der Waals surface area contributed by atoms with Gasteiger partial charge in [-0.2, -0.15) is 5.26 Å². The van der Waals surface area contributed by atoms with Gasteiger partial charge in [0, 0.05) is 6.20 Å². The first kappa shape index (κ1) is 9.16. The summed E-state index contributed by atoms with van der Waals surface area (Å²) in [5.74, 6) is -0.864. The number of aliphatic hydroxyl groups excluding tert-OH is 1. The molecule has 0 saturated carbocycles. The maximum absolute atomic E-state index is 10.5. The molecule has 3 N–H and O–H groups in total. The third kappa shape index (κ3) is 2.01. The smallest absolute Gasteiger partial charge is 0.252 e. The summed E-state index contributed by atoms with van der Waals surface area (Å²) in [5.41, 5.74) is 5.35. The van der Waals surface area contributed by atoms with E-state index in [1.54, 1.807) is 0 Å². The Bertz CT molecular complexity index is 353. The molecule has 1 rings (SSSR count). The van der Waals surface area contributed by atoms with Gasteiger partial charge in [0.25, 0.3) is 5.91 Å². The topological polar surface area (TPSA) is 100 Å². The molecule has 0 aliphatic heterocycles. The van der Waals surface area contributed by atoms with Gasteiger partial charge in [0.2, 0.25) is 0 Å². The van der Waals surface area contributed by atoms with Crippen molar-refractivity contribution < 1.29 is 9.90 Å². The third-order valence-corrected chi connectivity index (χ3v) is 1.47. The van der Waals surface area contributed by atoms with Crippen molar-refractivity contribution in [3.8, 4) is 6.07 Å². The molecule has 0 spiro atoms. The largest absolute Gasteiger partial charge is 0.377 e. The molecule has 1 atom stereocenters. The van der Waals surface area contributed by atoms with E-state index in [1.165, 1.54) is 18.3 Å². The van der Waals surface area contributed by atoms with E-state index in [0.29, 0.717) is 5.56 Å². The lowest BCUT2D eigenvalue weighted by atomic mass is 10.2. The van der Waals surface area contributed by atoms with Crippen molar-refractivity contribution >= 4 is 5.91 Å². The van der Waals surface area contributed by atoms with Gasteiger partial charge in [-0.3, -0.25) is 9.78 Å². The van der Waals surface area contributed by atoms with Crippen molar-refractivity contribution in [2.24, 2.45) is 5.73 Å². The van der Waals surface area contributed by atoms with Crippen LogP contribution in [0.3, 0.4) is 0 Å². The molecule has 0 fully saturated rings. The predicted molar refractivity (Wildman–Crippen MR) is 43.1 cm³/mol. The SMILES string of the molecule is N#Cc1ccc([C@@H](O)C(N)=O)nc1. The standard InChI is InChI=1S/C8H7N3O2/c9-3-5-1-2-6(11-4-5)7(12)8(10)13/h1-2,4,7,12H,(H2,10,13)/t7-/m1/s1. The Morgan fingerprint density at radius 3 is 2.77 bits per heavy atom. The molecule has 0 aliphatic carbocycles. The van der Waals surface area contributed by atoms with Crippen molar-refractivity contribution in [1.29, 1.82) is 5.26 Å². The van der Waals surface area contributed by atoms with Crippen LogP contribution in [0.2, 0.25) is 0 Å². The minimum atomic E-state index is -1.41. The normalized spacial score (nSPS) is 11.7. The molecule has 0 bridgehead atoms. The van der Waals surface area contributed by atoms with Crippen molar-refractivity contribution in [1.82, 2.24) is 4.98 Å². The second-order valence-electron chi connectivity index (χ2n) is 2.39. The number of hydrogen-bond donors (Lipinski definition) is 2. The molecule has 5 heteroatoms. The van der Waals surface area contributed by atoms with E-state index < -0.39 is 12.0 Å². The first-order chi connectivity index (χ1) is 6.15. The molecule has 66 valence electrons. The predicted octanol–water partition coefficient (Wildman–Crippen LogP) is -0.528. The van der Waals surface area contributed by atoms with Gasteiger partial charge in [-0.05, 0) is 12.1 Å². The first-order valence-electron chi connectivity index (χ1n) is 3.48. The molecular formula is C8H7N3O2. The highest BCUT2D eigenvalue weighted by atomic mass is 16.3. The molecule has 13 heavy (non-hydrogen) atoms. The fourth-order valence-electron chi connectivity index (χ4n) is 0.779. The van der Waals surface area contributed by atoms with Crippen LogP contribution in [0.25, 0.3) is 0 Å². The number of carbonyl (C=O) groups is 1. The highest BCUT2D eigenvalue weighted by molar-refractivity contribution is 5.79. The molecule has 0 aliphatic rings. The summed E-state index contributed by atoms with van der Waals surface area (Å²) in [6.45, 7) is 0. The molecule has 1 aromatic rings. The van der Waals surface area contributed by atoms with Crippen molar-refractivity contribution in [2.45, 2.75) is 6.10 Å². The van der Waals surface area contributed by atoms with E-state index in [2.05, 4.69) is 4.98 Å². The minimum absolute atomic E-state index is 0.145. The second-order valence-corrected chi connectivity index (χ2v) is 2.39. The minimum Gasteiger partial charge on any atom is -0.377 e. The highest BCUT2D eigenvalue weighted by Gasteiger charge is 2.14. The third-order valence-electron chi connectivity index (χ3n) is 1.47. The van der Waals surface area contributed by atoms with Crippen LogP contribution in [-0.2, 0) is 4.79 Å². The number of nitriles is 1. The van der Waals surface area contributed by atoms with Crippen LogP contribution >= 0.6 is 0 Å². The lowest BCUT2D eigenvalue weighted by Crippen LogP contribution is -2.21. The fourth-order valence-corrected chi connectivity index (χ4v) is 0.779. The molecule has 0 unspecified atom stereocenters. The van der Waals surface area contributed by atoms with Crippen LogP contribution < -0.4 is 5.73 Å². The van der Waals surface area contributed by atoms with Crippen LogP contribution in [0.5, 0.6) is 0 Å². The average molecular weight is 177 g/mol. The number of aromatic nitrogens is 1. The van der Waals surface area contributed by atoms with E-state index in [9.17, 15) is 4.79 Å². The zero-order chi connectivity index (χ0) is 9.84. The lowest BCUT2D eigenvalue weighted by molar-refractivity contribution is -0.126. The Hall–Kier alpha value is -1.93. The fraction of sp³-hybridized carbons (Fsp3) is 0.125. The number of amides is 1. The molecule has 1 amide bonds. The van der Waals surface area contributed by atoms with Crippen molar-refractivity contribution in [2.75, 3.05) is 0 Å². The van der Waals surface area contributed by atoms with Crippen LogP contribution in [0.4, 0.5) is 0 Å². The van der Waals surface area contributed by atoms with E-state index >= 15 is 0 Å². The van der Waals surface area contributed by atoms with Crippen molar-refractivity contribution in [3.63, 3.8) is 0 Å². The Morgan fingerprint density at radius 2 is 2.38 bits per heavy atom.